The summed E-state index contributed by atoms with van der Waals surface area (Å²) in [6, 6.07) is 8.58. The van der Waals surface area contributed by atoms with Crippen LogP contribution in [0.15, 0.2) is 48.8 Å². The minimum atomic E-state index is -0.502. The Labute approximate surface area is 231 Å². The van der Waals surface area contributed by atoms with Gasteiger partial charge in [-0.1, -0.05) is 17.7 Å². The molecule has 3 saturated heterocycles. The molecule has 4 fully saturated rings. The lowest BCUT2D eigenvalue weighted by molar-refractivity contribution is -0.112. The van der Waals surface area contributed by atoms with E-state index >= 15 is 0 Å². The molecule has 0 spiro atoms. The Hall–Kier alpha value is -3.27. The van der Waals surface area contributed by atoms with Crippen molar-refractivity contribution in [3.63, 3.8) is 0 Å². The van der Waals surface area contributed by atoms with Crippen LogP contribution >= 0.6 is 11.6 Å². The highest BCUT2D eigenvalue weighted by molar-refractivity contribution is 6.31. The van der Waals surface area contributed by atoms with E-state index < -0.39 is 5.82 Å². The molecular weight excluding hydrogens is 521 g/mol. The first-order chi connectivity index (χ1) is 19.0. The number of carbonyl (C=O) groups excluding carboxylic acids is 1. The number of piperidine rings is 2. The zero-order chi connectivity index (χ0) is 26.8. The number of hydrogen-bond donors (Lipinski definition) is 2. The topological polar surface area (TPSA) is 88.6 Å². The van der Waals surface area contributed by atoms with Gasteiger partial charge < -0.3 is 20.1 Å². The molecule has 7 rings (SSSR count). The SMILES string of the molecule is O=C(C=CCN1CC2CCC1CC2)Nc1cc2c(Nc3ccc(F)c(Cl)c3)ncnc2cc1O[C@H]1CCOC1. The average Bonchev–Trinajstić information content (AvgIpc) is 3.45. The van der Waals surface area contributed by atoms with Gasteiger partial charge >= 0.3 is 0 Å². The second-order valence-electron chi connectivity index (χ2n) is 10.5. The van der Waals surface area contributed by atoms with Crippen LogP contribution in [0.2, 0.25) is 5.02 Å². The molecule has 2 bridgehead atoms. The van der Waals surface area contributed by atoms with Crippen LogP contribution in [-0.4, -0.2) is 59.2 Å². The third-order valence-corrected chi connectivity index (χ3v) is 8.08. The van der Waals surface area contributed by atoms with Gasteiger partial charge in [0.1, 0.15) is 29.8 Å². The standard InChI is InChI=1S/C29H31ClFN5O3/c30-23-12-19(5-8-24(23)31)34-29-22-13-26(27(14-25(22)32-17-33-29)39-21-9-11-38-16-21)35-28(37)2-1-10-36-15-18-3-6-20(36)7-4-18/h1-2,5,8,12-14,17-18,20-21H,3-4,6-7,9-11,15-16H2,(H,35,37)(H,32,33,34)/t18?,20?,21-/m0/s1. The fraction of sp³-hybridized carbons (Fsp3) is 0.414. The normalized spacial score (nSPS) is 23.0. The molecule has 2 N–H and O–H groups in total. The third kappa shape index (κ3) is 6.00. The first-order valence-corrected chi connectivity index (χ1v) is 13.9. The number of anilines is 3. The molecule has 1 aliphatic carbocycles. The van der Waals surface area contributed by atoms with Crippen molar-refractivity contribution in [2.75, 3.05) is 36.9 Å². The Bertz CT molecular complexity index is 1390. The molecular formula is C29H31ClFN5O3. The molecule has 3 aliphatic heterocycles. The van der Waals surface area contributed by atoms with Gasteiger partial charge in [0.15, 0.2) is 0 Å². The van der Waals surface area contributed by atoms with Crippen molar-refractivity contribution in [2.45, 2.75) is 44.2 Å². The van der Waals surface area contributed by atoms with Gasteiger partial charge in [-0.2, -0.15) is 0 Å². The van der Waals surface area contributed by atoms with Gasteiger partial charge in [0.25, 0.3) is 0 Å². The monoisotopic (exact) mass is 551 g/mol. The summed E-state index contributed by atoms with van der Waals surface area (Å²) in [6.45, 7) is 3.03. The van der Waals surface area contributed by atoms with Gasteiger partial charge in [0.05, 0.1) is 29.4 Å². The molecule has 204 valence electrons. The fourth-order valence-electron chi connectivity index (χ4n) is 5.74. The van der Waals surface area contributed by atoms with Crippen LogP contribution in [0.3, 0.4) is 0 Å². The summed E-state index contributed by atoms with van der Waals surface area (Å²) in [6.07, 6.45) is 10.8. The maximum atomic E-state index is 13.7. The summed E-state index contributed by atoms with van der Waals surface area (Å²) < 4.78 is 25.3. The molecule has 1 atom stereocenters. The summed E-state index contributed by atoms with van der Waals surface area (Å²) in [5.74, 6) is 1.07. The van der Waals surface area contributed by atoms with E-state index in [2.05, 4.69) is 25.5 Å². The molecule has 4 aliphatic rings. The van der Waals surface area contributed by atoms with Crippen molar-refractivity contribution in [3.05, 3.63) is 59.7 Å². The number of rotatable bonds is 8. The van der Waals surface area contributed by atoms with Crippen LogP contribution in [-0.2, 0) is 9.53 Å². The number of fused-ring (bicyclic) bond motifs is 4. The minimum Gasteiger partial charge on any atom is -0.486 e. The predicted molar refractivity (Wildman–Crippen MR) is 149 cm³/mol. The number of amides is 1. The number of halogens is 2. The number of nitrogens with zero attached hydrogens (tertiary/aromatic N) is 3. The first kappa shape index (κ1) is 26.0. The van der Waals surface area contributed by atoms with Crippen molar-refractivity contribution in [3.8, 4) is 5.75 Å². The highest BCUT2D eigenvalue weighted by atomic mass is 35.5. The Balaban J connectivity index is 1.24. The summed E-state index contributed by atoms with van der Waals surface area (Å²) in [4.78, 5) is 24.3. The minimum absolute atomic E-state index is 0.00459. The molecule has 4 heterocycles. The number of ether oxygens (including phenoxy) is 2. The first-order valence-electron chi connectivity index (χ1n) is 13.5. The lowest BCUT2D eigenvalue weighted by Crippen LogP contribution is -2.47. The fourth-order valence-corrected chi connectivity index (χ4v) is 5.92. The number of hydrogen-bond acceptors (Lipinski definition) is 7. The molecule has 8 nitrogen and oxygen atoms in total. The number of nitrogens with one attached hydrogen (secondary N) is 2. The zero-order valence-electron chi connectivity index (χ0n) is 21.5. The lowest BCUT2D eigenvalue weighted by Gasteiger charge is -2.45. The lowest BCUT2D eigenvalue weighted by atomic mass is 9.80. The summed E-state index contributed by atoms with van der Waals surface area (Å²) in [5.41, 5.74) is 1.71. The predicted octanol–water partition coefficient (Wildman–Crippen LogP) is 5.70. The van der Waals surface area contributed by atoms with Crippen LogP contribution in [0.25, 0.3) is 10.9 Å². The van der Waals surface area contributed by atoms with Crippen molar-refractivity contribution in [2.24, 2.45) is 5.92 Å². The summed E-state index contributed by atoms with van der Waals surface area (Å²) >= 11 is 5.96. The maximum absolute atomic E-state index is 13.7. The van der Waals surface area contributed by atoms with Crippen molar-refractivity contribution < 1.29 is 18.7 Å². The van der Waals surface area contributed by atoms with Crippen LogP contribution in [0, 0.1) is 11.7 Å². The van der Waals surface area contributed by atoms with Gasteiger partial charge in [-0.05, 0) is 55.9 Å². The Morgan fingerprint density at radius 1 is 1.18 bits per heavy atom. The van der Waals surface area contributed by atoms with Gasteiger partial charge in [-0.25, -0.2) is 14.4 Å². The summed E-state index contributed by atoms with van der Waals surface area (Å²) in [5, 5.41) is 6.84. The zero-order valence-corrected chi connectivity index (χ0v) is 22.3. The van der Waals surface area contributed by atoms with Crippen LogP contribution < -0.4 is 15.4 Å². The van der Waals surface area contributed by atoms with Gasteiger partial charge in [-0.15, -0.1) is 0 Å². The molecule has 10 heteroatoms. The largest absolute Gasteiger partial charge is 0.486 e. The highest BCUT2D eigenvalue weighted by Crippen LogP contribution is 2.36. The Kier molecular flexibility index (Phi) is 7.63. The number of benzene rings is 2. The van der Waals surface area contributed by atoms with E-state index in [4.69, 9.17) is 21.1 Å². The molecule has 39 heavy (non-hydrogen) atoms. The molecule has 1 aromatic heterocycles. The average molecular weight is 552 g/mol. The second-order valence-corrected chi connectivity index (χ2v) is 10.9. The molecule has 0 radical (unpaired) electrons. The van der Waals surface area contributed by atoms with Crippen molar-refractivity contribution >= 4 is 45.6 Å². The molecule has 0 unspecified atom stereocenters. The molecule has 3 aromatic rings. The Morgan fingerprint density at radius 2 is 2.05 bits per heavy atom. The molecule has 1 saturated carbocycles. The van der Waals surface area contributed by atoms with E-state index in [1.807, 2.05) is 6.08 Å². The van der Waals surface area contributed by atoms with E-state index in [-0.39, 0.29) is 17.0 Å². The van der Waals surface area contributed by atoms with Crippen molar-refractivity contribution in [1.29, 1.82) is 0 Å². The van der Waals surface area contributed by atoms with Gasteiger partial charge in [-0.3, -0.25) is 9.69 Å². The van der Waals surface area contributed by atoms with E-state index in [9.17, 15) is 9.18 Å². The maximum Gasteiger partial charge on any atom is 0.248 e. The highest BCUT2D eigenvalue weighted by Gasteiger charge is 2.32. The van der Waals surface area contributed by atoms with E-state index in [0.717, 1.165) is 25.4 Å². The number of carbonyl (C=O) groups is 1. The van der Waals surface area contributed by atoms with E-state index in [1.165, 1.54) is 44.1 Å². The van der Waals surface area contributed by atoms with E-state index in [1.54, 1.807) is 24.3 Å². The number of aromatic nitrogens is 2. The third-order valence-electron chi connectivity index (χ3n) is 7.79. The Morgan fingerprint density at radius 3 is 2.79 bits per heavy atom. The van der Waals surface area contributed by atoms with Crippen LogP contribution in [0.5, 0.6) is 5.75 Å². The van der Waals surface area contributed by atoms with Crippen LogP contribution in [0.4, 0.5) is 21.6 Å². The van der Waals surface area contributed by atoms with Gasteiger partial charge in [0.2, 0.25) is 5.91 Å². The second kappa shape index (κ2) is 11.5. The summed E-state index contributed by atoms with van der Waals surface area (Å²) in [7, 11) is 0. The van der Waals surface area contributed by atoms with Gasteiger partial charge in [0, 0.05) is 48.8 Å². The van der Waals surface area contributed by atoms with E-state index in [0.29, 0.717) is 53.1 Å². The molecule has 1 amide bonds. The quantitative estimate of drug-likeness (QED) is 0.347. The van der Waals surface area contributed by atoms with Crippen LogP contribution in [0.1, 0.15) is 32.1 Å². The van der Waals surface area contributed by atoms with Crippen molar-refractivity contribution in [1.82, 2.24) is 14.9 Å². The molecule has 2 aromatic carbocycles. The smallest absolute Gasteiger partial charge is 0.248 e.